The highest BCUT2D eigenvalue weighted by atomic mass is 16.1. The Balaban J connectivity index is 2.02. The Morgan fingerprint density at radius 2 is 2.25 bits per heavy atom. The van der Waals surface area contributed by atoms with Gasteiger partial charge in [0.1, 0.15) is 5.78 Å². The summed E-state index contributed by atoms with van der Waals surface area (Å²) in [5.41, 5.74) is 4.98. The van der Waals surface area contributed by atoms with Crippen molar-refractivity contribution in [1.82, 2.24) is 4.90 Å². The number of amides is 1. The summed E-state index contributed by atoms with van der Waals surface area (Å²) < 4.78 is 0. The predicted molar refractivity (Wildman–Crippen MR) is 60.8 cm³/mol. The molecule has 2 rings (SSSR count). The molecule has 0 radical (unpaired) electrons. The second-order valence-electron chi connectivity index (χ2n) is 5.37. The van der Waals surface area contributed by atoms with E-state index in [-0.39, 0.29) is 11.9 Å². The highest BCUT2D eigenvalue weighted by molar-refractivity contribution is 5.85. The summed E-state index contributed by atoms with van der Waals surface area (Å²) in [6, 6.07) is 0.0509. The highest BCUT2D eigenvalue weighted by Crippen LogP contribution is 2.33. The van der Waals surface area contributed by atoms with Crippen LogP contribution in [0.5, 0.6) is 0 Å². The molecule has 2 aliphatic rings. The standard InChI is InChI=1S/C12H20N2O2/c1-12(11(13)16)6-7-14(8-12)9-4-2-3-5-10(9)15/h9H,2-8H2,1H3,(H2,13,16). The first kappa shape index (κ1) is 11.6. The zero-order valence-corrected chi connectivity index (χ0v) is 9.87. The molecule has 0 aromatic heterocycles. The molecule has 2 N–H and O–H groups in total. The van der Waals surface area contributed by atoms with Crippen LogP contribution in [-0.4, -0.2) is 35.7 Å². The fraction of sp³-hybridized carbons (Fsp3) is 0.833. The summed E-state index contributed by atoms with van der Waals surface area (Å²) >= 11 is 0. The minimum atomic E-state index is -0.433. The van der Waals surface area contributed by atoms with Gasteiger partial charge in [-0.3, -0.25) is 14.5 Å². The maximum Gasteiger partial charge on any atom is 0.224 e. The number of nitrogens with zero attached hydrogens (tertiary/aromatic N) is 1. The van der Waals surface area contributed by atoms with Crippen LogP contribution in [0.2, 0.25) is 0 Å². The van der Waals surface area contributed by atoms with E-state index in [1.54, 1.807) is 0 Å². The lowest BCUT2D eigenvalue weighted by molar-refractivity contribution is -0.129. The number of rotatable bonds is 2. The van der Waals surface area contributed by atoms with Crippen LogP contribution in [0.3, 0.4) is 0 Å². The molecular weight excluding hydrogens is 204 g/mol. The third-order valence-electron chi connectivity index (χ3n) is 4.06. The molecule has 1 saturated heterocycles. The van der Waals surface area contributed by atoms with Crippen LogP contribution in [-0.2, 0) is 9.59 Å². The number of hydrogen-bond acceptors (Lipinski definition) is 3. The molecule has 4 nitrogen and oxygen atoms in total. The first-order chi connectivity index (χ1) is 7.53. The van der Waals surface area contributed by atoms with Crippen molar-refractivity contribution in [2.24, 2.45) is 11.1 Å². The number of hydrogen-bond donors (Lipinski definition) is 1. The average Bonchev–Trinajstić information content (AvgIpc) is 2.63. The summed E-state index contributed by atoms with van der Waals surface area (Å²) in [6.45, 7) is 3.39. The van der Waals surface area contributed by atoms with Crippen LogP contribution in [0.1, 0.15) is 39.0 Å². The van der Waals surface area contributed by atoms with Crippen LogP contribution in [0.25, 0.3) is 0 Å². The molecule has 1 heterocycles. The maximum absolute atomic E-state index is 11.8. The lowest BCUT2D eigenvalue weighted by Gasteiger charge is -2.30. The number of Topliss-reactive ketones (excluding diaryl/α,β-unsaturated/α-hetero) is 1. The van der Waals surface area contributed by atoms with Crippen molar-refractivity contribution >= 4 is 11.7 Å². The van der Waals surface area contributed by atoms with Gasteiger partial charge in [-0.25, -0.2) is 0 Å². The van der Waals surface area contributed by atoms with Gasteiger partial charge >= 0.3 is 0 Å². The summed E-state index contributed by atoms with van der Waals surface area (Å²) in [6.07, 6.45) is 4.59. The number of nitrogens with two attached hydrogens (primary N) is 1. The highest BCUT2D eigenvalue weighted by Gasteiger charge is 2.42. The smallest absolute Gasteiger partial charge is 0.224 e. The van der Waals surface area contributed by atoms with Gasteiger partial charge in [-0.15, -0.1) is 0 Å². The largest absolute Gasteiger partial charge is 0.369 e. The normalized spacial score (nSPS) is 36.6. The van der Waals surface area contributed by atoms with E-state index in [2.05, 4.69) is 4.90 Å². The number of carbonyl (C=O) groups is 2. The van der Waals surface area contributed by atoms with Crippen molar-refractivity contribution in [3.05, 3.63) is 0 Å². The van der Waals surface area contributed by atoms with E-state index in [0.717, 1.165) is 32.2 Å². The fourth-order valence-electron chi connectivity index (χ4n) is 2.81. The van der Waals surface area contributed by atoms with E-state index in [4.69, 9.17) is 5.73 Å². The quantitative estimate of drug-likeness (QED) is 0.750. The molecule has 1 amide bonds. The van der Waals surface area contributed by atoms with Gasteiger partial charge in [-0.05, 0) is 32.7 Å². The lowest BCUT2D eigenvalue weighted by Crippen LogP contribution is -2.44. The first-order valence-electron chi connectivity index (χ1n) is 6.10. The number of likely N-dealkylation sites (tertiary alicyclic amines) is 1. The van der Waals surface area contributed by atoms with E-state index >= 15 is 0 Å². The SMILES string of the molecule is CC1(C(N)=O)CCN(C2CCCCC2=O)C1. The summed E-state index contributed by atoms with van der Waals surface area (Å²) in [7, 11) is 0. The molecule has 16 heavy (non-hydrogen) atoms. The fourth-order valence-corrected chi connectivity index (χ4v) is 2.81. The van der Waals surface area contributed by atoms with Crippen molar-refractivity contribution in [3.63, 3.8) is 0 Å². The van der Waals surface area contributed by atoms with Crippen LogP contribution in [0.15, 0.2) is 0 Å². The molecule has 4 heteroatoms. The Hall–Kier alpha value is -0.900. The van der Waals surface area contributed by atoms with Crippen LogP contribution < -0.4 is 5.73 Å². The van der Waals surface area contributed by atoms with Gasteiger partial charge < -0.3 is 5.73 Å². The number of ketones is 1. The Bertz CT molecular complexity index is 316. The van der Waals surface area contributed by atoms with E-state index in [0.29, 0.717) is 18.7 Å². The van der Waals surface area contributed by atoms with Crippen molar-refractivity contribution in [2.75, 3.05) is 13.1 Å². The predicted octanol–water partition coefficient (Wildman–Crippen LogP) is 0.695. The maximum atomic E-state index is 11.8. The second-order valence-corrected chi connectivity index (χ2v) is 5.37. The Kier molecular flexibility index (Phi) is 3.02. The molecule has 90 valence electrons. The molecule has 2 unspecified atom stereocenters. The molecule has 0 bridgehead atoms. The molecule has 1 aliphatic carbocycles. The molecule has 0 aromatic carbocycles. The summed E-state index contributed by atoms with van der Waals surface area (Å²) in [4.78, 5) is 25.3. The van der Waals surface area contributed by atoms with E-state index in [1.807, 2.05) is 6.92 Å². The van der Waals surface area contributed by atoms with E-state index < -0.39 is 5.41 Å². The van der Waals surface area contributed by atoms with Crippen LogP contribution in [0, 0.1) is 5.41 Å². The lowest BCUT2D eigenvalue weighted by atomic mass is 9.88. The van der Waals surface area contributed by atoms with Gasteiger partial charge in [-0.1, -0.05) is 6.42 Å². The van der Waals surface area contributed by atoms with Crippen molar-refractivity contribution in [1.29, 1.82) is 0 Å². The molecule has 2 fully saturated rings. The van der Waals surface area contributed by atoms with Gasteiger partial charge in [0.05, 0.1) is 11.5 Å². The zero-order valence-electron chi connectivity index (χ0n) is 9.87. The Labute approximate surface area is 96.2 Å². The third-order valence-corrected chi connectivity index (χ3v) is 4.06. The van der Waals surface area contributed by atoms with E-state index in [1.165, 1.54) is 0 Å². The molecule has 0 aromatic rings. The van der Waals surface area contributed by atoms with Crippen molar-refractivity contribution < 1.29 is 9.59 Å². The zero-order chi connectivity index (χ0) is 11.8. The monoisotopic (exact) mass is 224 g/mol. The van der Waals surface area contributed by atoms with Crippen molar-refractivity contribution in [3.8, 4) is 0 Å². The summed E-state index contributed by atoms with van der Waals surface area (Å²) in [5.74, 6) is 0.109. The number of primary amides is 1. The van der Waals surface area contributed by atoms with E-state index in [9.17, 15) is 9.59 Å². The molecule has 2 atom stereocenters. The second kappa shape index (κ2) is 4.17. The molecular formula is C12H20N2O2. The molecule has 1 saturated carbocycles. The number of carbonyl (C=O) groups excluding carboxylic acids is 2. The minimum Gasteiger partial charge on any atom is -0.369 e. The van der Waals surface area contributed by atoms with Gasteiger partial charge in [0, 0.05) is 13.0 Å². The van der Waals surface area contributed by atoms with Gasteiger partial charge in [0.2, 0.25) is 5.91 Å². The van der Waals surface area contributed by atoms with Gasteiger partial charge in [-0.2, -0.15) is 0 Å². The summed E-state index contributed by atoms with van der Waals surface area (Å²) in [5, 5.41) is 0. The molecule has 1 aliphatic heterocycles. The van der Waals surface area contributed by atoms with Crippen LogP contribution >= 0.6 is 0 Å². The third kappa shape index (κ3) is 1.98. The Morgan fingerprint density at radius 3 is 2.81 bits per heavy atom. The molecule has 0 spiro atoms. The van der Waals surface area contributed by atoms with Crippen molar-refractivity contribution in [2.45, 2.75) is 45.1 Å². The van der Waals surface area contributed by atoms with Crippen LogP contribution in [0.4, 0.5) is 0 Å². The van der Waals surface area contributed by atoms with Gasteiger partial charge in [0.15, 0.2) is 0 Å². The first-order valence-corrected chi connectivity index (χ1v) is 6.10. The minimum absolute atomic E-state index is 0.0509. The topological polar surface area (TPSA) is 63.4 Å². The average molecular weight is 224 g/mol. The Morgan fingerprint density at radius 1 is 1.50 bits per heavy atom. The van der Waals surface area contributed by atoms with Gasteiger partial charge in [0.25, 0.3) is 0 Å².